The van der Waals surface area contributed by atoms with Gasteiger partial charge in [-0.25, -0.2) is 9.97 Å². The zero-order chi connectivity index (χ0) is 32.4. The second-order valence-corrected chi connectivity index (χ2v) is 11.7. The van der Waals surface area contributed by atoms with E-state index in [1.807, 2.05) is 49.7 Å². The number of nitrogens with two attached hydrogens (primary N) is 1. The smallest absolute Gasteiger partial charge is 0.460 e. The van der Waals surface area contributed by atoms with E-state index in [0.29, 0.717) is 48.5 Å². The number of carbonyl (C=O) groups is 2. The van der Waals surface area contributed by atoms with Gasteiger partial charge in [0.1, 0.15) is 29.1 Å². The average Bonchev–Trinajstić information content (AvgIpc) is 3.53. The number of rotatable bonds is 10. The molecule has 0 saturated carbocycles. The molecule has 0 atom stereocenters. The van der Waals surface area contributed by atoms with E-state index in [1.54, 1.807) is 11.0 Å². The predicted molar refractivity (Wildman–Crippen MR) is 162 cm³/mol. The number of anilines is 2. The van der Waals surface area contributed by atoms with Gasteiger partial charge < -0.3 is 29.4 Å². The highest BCUT2D eigenvalue weighted by Gasteiger charge is 2.31. The maximum Gasteiger partial charge on any atom is 0.573 e. The van der Waals surface area contributed by atoms with Crippen LogP contribution in [0.5, 0.6) is 5.75 Å². The van der Waals surface area contributed by atoms with Crippen LogP contribution in [0.1, 0.15) is 38.3 Å². The number of fused-ring (bicyclic) bond motifs is 2. The van der Waals surface area contributed by atoms with Crippen LogP contribution in [0.4, 0.5) is 24.7 Å². The highest BCUT2D eigenvalue weighted by atomic mass is 19.4. The molecule has 0 aliphatic carbocycles. The summed E-state index contributed by atoms with van der Waals surface area (Å²) in [5.74, 6) is -0.590. The monoisotopic (exact) mass is 625 g/mol. The molecule has 0 unspecified atom stereocenters. The number of benzene rings is 2. The van der Waals surface area contributed by atoms with Crippen LogP contribution < -0.4 is 15.4 Å². The lowest BCUT2D eigenvalue weighted by atomic mass is 10.0. The molecule has 1 amide bonds. The summed E-state index contributed by atoms with van der Waals surface area (Å²) in [5, 5.41) is 0.693. The van der Waals surface area contributed by atoms with Gasteiger partial charge in [0.15, 0.2) is 0 Å². The van der Waals surface area contributed by atoms with Crippen molar-refractivity contribution in [3.8, 4) is 16.9 Å². The van der Waals surface area contributed by atoms with Crippen LogP contribution in [0.2, 0.25) is 0 Å². The normalized spacial score (nSPS) is 13.2. The van der Waals surface area contributed by atoms with Crippen LogP contribution in [0, 0.1) is 0 Å². The van der Waals surface area contributed by atoms with Gasteiger partial charge in [-0.3, -0.25) is 9.59 Å². The second kappa shape index (κ2) is 12.8. The molecule has 5 rings (SSSR count). The van der Waals surface area contributed by atoms with Crippen molar-refractivity contribution in [2.24, 2.45) is 0 Å². The Morgan fingerprint density at radius 2 is 1.84 bits per heavy atom. The molecule has 0 saturated heterocycles. The fourth-order valence-electron chi connectivity index (χ4n) is 5.30. The summed E-state index contributed by atoms with van der Waals surface area (Å²) >= 11 is 0. The summed E-state index contributed by atoms with van der Waals surface area (Å²) in [6.07, 6.45) is -0.785. The van der Waals surface area contributed by atoms with Crippen molar-refractivity contribution in [2.75, 3.05) is 30.4 Å². The van der Waals surface area contributed by atoms with Crippen LogP contribution in [0.3, 0.4) is 0 Å². The number of amides is 1. The molecule has 1 aliphatic rings. The number of hydrogen-bond acceptors (Lipinski definition) is 8. The molecule has 3 heterocycles. The molecule has 238 valence electrons. The van der Waals surface area contributed by atoms with Crippen LogP contribution in [0.15, 0.2) is 55.0 Å². The van der Waals surface area contributed by atoms with Gasteiger partial charge in [0.2, 0.25) is 5.91 Å². The third-order valence-corrected chi connectivity index (χ3v) is 7.10. The molecular weight excluding hydrogens is 591 g/mol. The van der Waals surface area contributed by atoms with Crippen molar-refractivity contribution < 1.29 is 37.0 Å². The van der Waals surface area contributed by atoms with Crippen molar-refractivity contribution >= 4 is 34.4 Å². The fraction of sp³-hybridized carbons (Fsp3) is 0.375. The van der Waals surface area contributed by atoms with Crippen molar-refractivity contribution in [3.05, 3.63) is 66.1 Å². The molecule has 13 heteroatoms. The number of carbonyl (C=O) groups excluding carboxylic acids is 2. The number of alkyl halides is 3. The Kier molecular flexibility index (Phi) is 9.01. The highest BCUT2D eigenvalue weighted by molar-refractivity contribution is 6.02. The highest BCUT2D eigenvalue weighted by Crippen LogP contribution is 2.37. The largest absolute Gasteiger partial charge is 0.573 e. The van der Waals surface area contributed by atoms with Crippen molar-refractivity contribution in [3.63, 3.8) is 0 Å². The number of hydrogen-bond donors (Lipinski definition) is 1. The Labute approximate surface area is 257 Å². The van der Waals surface area contributed by atoms with E-state index in [1.165, 1.54) is 24.5 Å². The predicted octanol–water partition coefficient (Wildman–Crippen LogP) is 5.46. The number of nitrogen functional groups attached to an aromatic ring is 1. The van der Waals surface area contributed by atoms with Gasteiger partial charge in [-0.15, -0.1) is 13.2 Å². The third-order valence-electron chi connectivity index (χ3n) is 7.10. The molecule has 10 nitrogen and oxygen atoms in total. The molecule has 1 aliphatic heterocycles. The Morgan fingerprint density at radius 3 is 2.60 bits per heavy atom. The molecule has 2 aromatic carbocycles. The number of halogens is 3. The van der Waals surface area contributed by atoms with Crippen LogP contribution in [-0.4, -0.2) is 58.1 Å². The molecule has 4 aromatic rings. The Bertz CT molecular complexity index is 1710. The zero-order valence-corrected chi connectivity index (χ0v) is 25.2. The molecule has 0 spiro atoms. The Hall–Kier alpha value is -4.65. The van der Waals surface area contributed by atoms with Gasteiger partial charge in [-0.05, 0) is 68.1 Å². The standard InChI is InChI=1S/C32H34F3N5O5/c1-31(2,3)45-27(42)10-13-43-14-12-39-18-24(28-29(36)37-19-38-30(28)39)21-7-8-25-22(17-21)9-11-40(25)26(41)16-20-5-4-6-23(15-20)44-32(33,34)35/h4-8,15,17-19H,9-14,16H2,1-3H3,(H2,36,37,38). The lowest BCUT2D eigenvalue weighted by Gasteiger charge is -2.19. The fourth-order valence-corrected chi connectivity index (χ4v) is 5.30. The lowest BCUT2D eigenvalue weighted by Crippen LogP contribution is -2.30. The summed E-state index contributed by atoms with van der Waals surface area (Å²) < 4.78 is 54.8. The van der Waals surface area contributed by atoms with Crippen LogP contribution in [-0.2, 0) is 38.4 Å². The molecular formula is C32H34F3N5O5. The minimum Gasteiger partial charge on any atom is -0.460 e. The first-order valence-corrected chi connectivity index (χ1v) is 14.4. The van der Waals surface area contributed by atoms with Gasteiger partial charge in [-0.2, -0.15) is 0 Å². The first-order chi connectivity index (χ1) is 21.3. The lowest BCUT2D eigenvalue weighted by molar-refractivity contribution is -0.274. The van der Waals surface area contributed by atoms with E-state index in [9.17, 15) is 22.8 Å². The minimum absolute atomic E-state index is 0.0720. The van der Waals surface area contributed by atoms with Crippen molar-refractivity contribution in [2.45, 2.75) is 58.5 Å². The van der Waals surface area contributed by atoms with Crippen molar-refractivity contribution in [1.29, 1.82) is 0 Å². The van der Waals surface area contributed by atoms with Gasteiger partial charge in [0, 0.05) is 30.5 Å². The summed E-state index contributed by atoms with van der Waals surface area (Å²) in [5.41, 5.74) is 10.2. The third kappa shape index (κ3) is 7.90. The van der Waals surface area contributed by atoms with Gasteiger partial charge >= 0.3 is 12.3 Å². The Balaban J connectivity index is 1.28. The topological polar surface area (TPSA) is 122 Å². The summed E-state index contributed by atoms with van der Waals surface area (Å²) in [4.78, 5) is 35.4. The molecule has 0 bridgehead atoms. The van der Waals surface area contributed by atoms with Crippen molar-refractivity contribution in [1.82, 2.24) is 14.5 Å². The molecule has 45 heavy (non-hydrogen) atoms. The van der Waals surface area contributed by atoms with Crippen LogP contribution >= 0.6 is 0 Å². The second-order valence-electron chi connectivity index (χ2n) is 11.7. The first-order valence-electron chi connectivity index (χ1n) is 14.4. The quantitative estimate of drug-likeness (QED) is 0.182. The maximum atomic E-state index is 13.2. The SMILES string of the molecule is CC(C)(C)OC(=O)CCOCCn1cc(-c2ccc3c(c2)CCN3C(=O)Cc2cccc(OC(F)(F)F)c2)c2c(N)ncnc21. The average molecular weight is 626 g/mol. The Morgan fingerprint density at radius 1 is 1.04 bits per heavy atom. The number of ether oxygens (including phenoxy) is 3. The first kappa shape index (κ1) is 31.8. The van der Waals surface area contributed by atoms with Gasteiger partial charge in [0.25, 0.3) is 0 Å². The van der Waals surface area contributed by atoms with Crippen LogP contribution in [0.25, 0.3) is 22.2 Å². The van der Waals surface area contributed by atoms with E-state index >= 15 is 0 Å². The molecule has 0 radical (unpaired) electrons. The number of aromatic nitrogens is 3. The zero-order valence-electron chi connectivity index (χ0n) is 25.2. The molecule has 2 aromatic heterocycles. The number of esters is 1. The number of nitrogens with zero attached hydrogens (tertiary/aromatic N) is 4. The van der Waals surface area contributed by atoms with E-state index in [-0.39, 0.29) is 37.1 Å². The van der Waals surface area contributed by atoms with E-state index < -0.39 is 12.0 Å². The minimum atomic E-state index is -4.81. The summed E-state index contributed by atoms with van der Waals surface area (Å²) in [6, 6.07) is 11.2. The van der Waals surface area contributed by atoms with Gasteiger partial charge in [0.05, 0.1) is 31.4 Å². The van der Waals surface area contributed by atoms with E-state index in [0.717, 1.165) is 22.4 Å². The summed E-state index contributed by atoms with van der Waals surface area (Å²) in [6.45, 7) is 6.92. The van der Waals surface area contributed by atoms with Gasteiger partial charge in [-0.1, -0.05) is 18.2 Å². The molecule has 2 N–H and O–H groups in total. The van der Waals surface area contributed by atoms with E-state index in [2.05, 4.69) is 14.7 Å². The summed E-state index contributed by atoms with van der Waals surface area (Å²) in [7, 11) is 0. The molecule has 0 fully saturated rings. The van der Waals surface area contributed by atoms with E-state index in [4.69, 9.17) is 15.2 Å². The maximum absolute atomic E-state index is 13.2.